The Bertz CT molecular complexity index is 1380. The van der Waals surface area contributed by atoms with Crippen molar-refractivity contribution in [2.45, 2.75) is 6.61 Å². The van der Waals surface area contributed by atoms with E-state index in [1.54, 1.807) is 30.5 Å². The van der Waals surface area contributed by atoms with E-state index in [4.69, 9.17) is 9.15 Å². The molecule has 0 aliphatic rings. The summed E-state index contributed by atoms with van der Waals surface area (Å²) in [5, 5.41) is 12.7. The number of ether oxygens (including phenoxy) is 1. The fourth-order valence-corrected chi connectivity index (χ4v) is 3.31. The number of hydrogen-bond donors (Lipinski definition) is 1. The molecule has 1 amide bonds. The number of carbonyl (C=O) groups is 1. The van der Waals surface area contributed by atoms with Crippen LogP contribution in [0.5, 0.6) is 5.75 Å². The fourth-order valence-electron chi connectivity index (χ4n) is 3.31. The minimum absolute atomic E-state index is 0.113. The molecule has 5 rings (SSSR count). The number of hydrogen-bond acceptors (Lipinski definition) is 6. The first kappa shape index (κ1) is 19.4. The fraction of sp³-hybridized carbons (Fsp3) is 0.0400. The molecule has 0 saturated carbocycles. The maximum atomic E-state index is 12.8. The third kappa shape index (κ3) is 4.17. The highest BCUT2D eigenvalue weighted by atomic mass is 16.5. The number of rotatable bonds is 6. The largest absolute Gasteiger partial charge is 0.484 e. The molecule has 0 atom stereocenters. The van der Waals surface area contributed by atoms with E-state index in [9.17, 15) is 4.79 Å². The molecular formula is C25H18N4O3. The van der Waals surface area contributed by atoms with Crippen LogP contribution >= 0.6 is 0 Å². The Labute approximate surface area is 183 Å². The molecule has 0 bridgehead atoms. The summed E-state index contributed by atoms with van der Waals surface area (Å²) in [7, 11) is 0. The summed E-state index contributed by atoms with van der Waals surface area (Å²) in [6.45, 7) is 0.113. The molecule has 2 aromatic heterocycles. The summed E-state index contributed by atoms with van der Waals surface area (Å²) in [5.74, 6) is 1.07. The Hall–Kier alpha value is -4.52. The van der Waals surface area contributed by atoms with E-state index in [1.807, 2.05) is 60.7 Å². The van der Waals surface area contributed by atoms with Gasteiger partial charge in [0, 0.05) is 28.9 Å². The topological polar surface area (TPSA) is 90.1 Å². The average molecular weight is 422 g/mol. The van der Waals surface area contributed by atoms with Crippen LogP contribution in [0.15, 0.2) is 95.5 Å². The molecule has 0 spiro atoms. The van der Waals surface area contributed by atoms with Gasteiger partial charge in [-0.25, -0.2) is 0 Å². The standard InChI is InChI=1S/C25H18N4O3/c30-24(23-21-12-5-4-7-17(21)13-14-26-23)27-19-10-6-11-20(15-19)31-16-22-28-29-25(32-22)18-8-2-1-3-9-18/h1-15H,16H2,(H,27,30). The minimum atomic E-state index is -0.289. The lowest BCUT2D eigenvalue weighted by molar-refractivity contribution is 0.102. The predicted octanol–water partition coefficient (Wildman–Crippen LogP) is 5.12. The molecule has 0 aliphatic heterocycles. The second-order valence-electron chi connectivity index (χ2n) is 7.02. The molecule has 5 aromatic rings. The maximum Gasteiger partial charge on any atom is 0.274 e. The lowest BCUT2D eigenvalue weighted by Gasteiger charge is -2.09. The molecule has 0 aliphatic carbocycles. The van der Waals surface area contributed by atoms with Crippen LogP contribution in [0.25, 0.3) is 22.2 Å². The molecule has 1 N–H and O–H groups in total. The monoisotopic (exact) mass is 422 g/mol. The van der Waals surface area contributed by atoms with Gasteiger partial charge in [-0.05, 0) is 35.7 Å². The number of pyridine rings is 1. The zero-order chi connectivity index (χ0) is 21.8. The number of carbonyl (C=O) groups excluding carboxylic acids is 1. The lowest BCUT2D eigenvalue weighted by Crippen LogP contribution is -2.14. The molecule has 7 heteroatoms. The van der Waals surface area contributed by atoms with Gasteiger partial charge in [-0.2, -0.15) is 0 Å². The minimum Gasteiger partial charge on any atom is -0.484 e. The van der Waals surface area contributed by atoms with E-state index in [2.05, 4.69) is 20.5 Å². The van der Waals surface area contributed by atoms with Crippen LogP contribution in [-0.2, 0) is 6.61 Å². The zero-order valence-corrected chi connectivity index (χ0v) is 16.9. The Morgan fingerprint density at radius 3 is 2.66 bits per heavy atom. The first-order valence-electron chi connectivity index (χ1n) is 10.0. The van der Waals surface area contributed by atoms with Gasteiger partial charge in [0.05, 0.1) is 0 Å². The van der Waals surface area contributed by atoms with Crippen LogP contribution in [0, 0.1) is 0 Å². The van der Waals surface area contributed by atoms with Crippen LogP contribution in [-0.4, -0.2) is 21.1 Å². The molecule has 0 fully saturated rings. The number of nitrogens with one attached hydrogen (secondary N) is 1. The van der Waals surface area contributed by atoms with Crippen molar-refractivity contribution in [1.82, 2.24) is 15.2 Å². The van der Waals surface area contributed by atoms with E-state index in [1.165, 1.54) is 0 Å². The van der Waals surface area contributed by atoms with E-state index in [0.717, 1.165) is 16.3 Å². The van der Waals surface area contributed by atoms with Crippen molar-refractivity contribution in [2.75, 3.05) is 5.32 Å². The predicted molar refractivity (Wildman–Crippen MR) is 120 cm³/mol. The maximum absolute atomic E-state index is 12.8. The van der Waals surface area contributed by atoms with Crippen molar-refractivity contribution >= 4 is 22.4 Å². The van der Waals surface area contributed by atoms with Gasteiger partial charge in [-0.1, -0.05) is 48.5 Å². The Morgan fingerprint density at radius 2 is 1.75 bits per heavy atom. The van der Waals surface area contributed by atoms with Crippen molar-refractivity contribution in [3.05, 3.63) is 103 Å². The molecule has 0 unspecified atom stereocenters. The Kier molecular flexibility index (Phi) is 5.28. The van der Waals surface area contributed by atoms with Crippen molar-refractivity contribution < 1.29 is 13.9 Å². The third-order valence-corrected chi connectivity index (χ3v) is 4.83. The highest BCUT2D eigenvalue weighted by molar-refractivity contribution is 6.11. The van der Waals surface area contributed by atoms with Gasteiger partial charge in [-0.15, -0.1) is 10.2 Å². The normalized spacial score (nSPS) is 10.8. The van der Waals surface area contributed by atoms with Gasteiger partial charge in [0.25, 0.3) is 11.8 Å². The van der Waals surface area contributed by atoms with Gasteiger partial charge >= 0.3 is 0 Å². The smallest absolute Gasteiger partial charge is 0.274 e. The lowest BCUT2D eigenvalue weighted by atomic mass is 10.1. The zero-order valence-electron chi connectivity index (χ0n) is 16.9. The van der Waals surface area contributed by atoms with E-state index < -0.39 is 0 Å². The number of anilines is 1. The van der Waals surface area contributed by atoms with Crippen LogP contribution in [0.1, 0.15) is 16.4 Å². The summed E-state index contributed by atoms with van der Waals surface area (Å²) < 4.78 is 11.4. The molecule has 3 aromatic carbocycles. The molecule has 156 valence electrons. The van der Waals surface area contributed by atoms with E-state index >= 15 is 0 Å². The van der Waals surface area contributed by atoms with Crippen molar-refractivity contribution in [3.8, 4) is 17.2 Å². The van der Waals surface area contributed by atoms with E-state index in [-0.39, 0.29) is 12.5 Å². The first-order valence-corrected chi connectivity index (χ1v) is 10.0. The molecule has 0 saturated heterocycles. The SMILES string of the molecule is O=C(Nc1cccc(OCc2nnc(-c3ccccc3)o2)c1)c1nccc2ccccc12. The van der Waals surface area contributed by atoms with Gasteiger partial charge in [0.1, 0.15) is 11.4 Å². The van der Waals surface area contributed by atoms with E-state index in [0.29, 0.717) is 28.9 Å². The number of aromatic nitrogens is 3. The highest BCUT2D eigenvalue weighted by Crippen LogP contribution is 2.22. The molecule has 7 nitrogen and oxygen atoms in total. The Morgan fingerprint density at radius 1 is 0.906 bits per heavy atom. The second-order valence-corrected chi connectivity index (χ2v) is 7.02. The van der Waals surface area contributed by atoms with Crippen LogP contribution < -0.4 is 10.1 Å². The van der Waals surface area contributed by atoms with Crippen molar-refractivity contribution in [2.24, 2.45) is 0 Å². The number of fused-ring (bicyclic) bond motifs is 1. The summed E-state index contributed by atoms with van der Waals surface area (Å²) in [4.78, 5) is 17.1. The summed E-state index contributed by atoms with van der Waals surface area (Å²) >= 11 is 0. The van der Waals surface area contributed by atoms with Crippen LogP contribution in [0.2, 0.25) is 0 Å². The van der Waals surface area contributed by atoms with Crippen LogP contribution in [0.3, 0.4) is 0 Å². The van der Waals surface area contributed by atoms with Crippen LogP contribution in [0.4, 0.5) is 5.69 Å². The summed E-state index contributed by atoms with van der Waals surface area (Å²) in [6.07, 6.45) is 1.63. The highest BCUT2D eigenvalue weighted by Gasteiger charge is 2.13. The van der Waals surface area contributed by atoms with Gasteiger partial charge in [0.15, 0.2) is 6.61 Å². The molecule has 2 heterocycles. The molecular weight excluding hydrogens is 404 g/mol. The number of amides is 1. The second kappa shape index (κ2) is 8.69. The van der Waals surface area contributed by atoms with Gasteiger partial charge in [-0.3, -0.25) is 9.78 Å². The number of nitrogens with zero attached hydrogens (tertiary/aromatic N) is 3. The summed E-state index contributed by atoms with van der Waals surface area (Å²) in [6, 6.07) is 26.2. The first-order chi connectivity index (χ1) is 15.8. The molecule has 0 radical (unpaired) electrons. The van der Waals surface area contributed by atoms with Crippen molar-refractivity contribution in [3.63, 3.8) is 0 Å². The van der Waals surface area contributed by atoms with Crippen molar-refractivity contribution in [1.29, 1.82) is 0 Å². The third-order valence-electron chi connectivity index (χ3n) is 4.83. The average Bonchev–Trinajstić information content (AvgIpc) is 3.32. The quantitative estimate of drug-likeness (QED) is 0.409. The van der Waals surface area contributed by atoms with Gasteiger partial charge < -0.3 is 14.5 Å². The number of benzene rings is 3. The molecule has 32 heavy (non-hydrogen) atoms. The van der Waals surface area contributed by atoms with Gasteiger partial charge in [0.2, 0.25) is 5.89 Å². The summed E-state index contributed by atoms with van der Waals surface area (Å²) in [5.41, 5.74) is 1.81. The Balaban J connectivity index is 1.27.